The quantitative estimate of drug-likeness (QED) is 0.157. The summed E-state index contributed by atoms with van der Waals surface area (Å²) in [5.74, 6) is -1.54. The lowest BCUT2D eigenvalue weighted by atomic mass is 9.83. The maximum Gasteiger partial charge on any atom is 0.315 e. The number of hydrogen-bond donors (Lipinski definition) is 4. The van der Waals surface area contributed by atoms with Crippen molar-refractivity contribution in [1.29, 1.82) is 0 Å². The van der Waals surface area contributed by atoms with Gasteiger partial charge in [-0.3, -0.25) is 23.4 Å². The summed E-state index contributed by atoms with van der Waals surface area (Å²) < 4.78 is 13.6. The molecule has 1 saturated heterocycles. The van der Waals surface area contributed by atoms with Crippen LogP contribution in [0.1, 0.15) is 118 Å². The first-order chi connectivity index (χ1) is 23.6. The number of rotatable bonds is 14. The molecule has 1 aliphatic heterocycles. The van der Waals surface area contributed by atoms with E-state index >= 15 is 0 Å². The van der Waals surface area contributed by atoms with Crippen molar-refractivity contribution in [1.82, 2.24) is 26.2 Å². The molecule has 0 aromatic rings. The van der Waals surface area contributed by atoms with E-state index in [1.807, 2.05) is 20.8 Å². The smallest absolute Gasteiger partial charge is 0.315 e. The first-order valence-electron chi connectivity index (χ1n) is 19.1. The van der Waals surface area contributed by atoms with E-state index in [9.17, 15) is 28.2 Å². The molecule has 0 aromatic heterocycles. The van der Waals surface area contributed by atoms with Gasteiger partial charge in [0.2, 0.25) is 17.6 Å². The number of nitrogens with zero attached hydrogens (tertiary/aromatic N) is 1. The molecule has 5 aliphatic rings. The van der Waals surface area contributed by atoms with E-state index in [1.165, 1.54) is 12.5 Å². The lowest BCUT2D eigenvalue weighted by molar-refractivity contribution is -0.145. The number of carbonyl (C=O) groups excluding carboxylic acids is 5. The summed E-state index contributed by atoms with van der Waals surface area (Å²) in [5, 5.41) is 11.8. The number of hydrogen-bond acceptors (Lipinski definition) is 6. The maximum absolute atomic E-state index is 14.5. The Kier molecular flexibility index (Phi) is 11.9. The van der Waals surface area contributed by atoms with Gasteiger partial charge in [-0.2, -0.15) is 0 Å². The van der Waals surface area contributed by atoms with Crippen molar-refractivity contribution in [2.75, 3.05) is 18.8 Å². The fourth-order valence-electron chi connectivity index (χ4n) is 8.87. The molecule has 0 spiro atoms. The summed E-state index contributed by atoms with van der Waals surface area (Å²) in [7, 11) is -1.05. The molecule has 11 nitrogen and oxygen atoms in total. The lowest BCUT2D eigenvalue weighted by Gasteiger charge is -2.41. The van der Waals surface area contributed by atoms with Gasteiger partial charge in [0, 0.05) is 34.9 Å². The Morgan fingerprint density at radius 3 is 2.18 bits per heavy atom. The van der Waals surface area contributed by atoms with Crippen LogP contribution in [0.3, 0.4) is 0 Å². The number of nitrogens with one attached hydrogen (secondary N) is 4. The van der Waals surface area contributed by atoms with E-state index in [1.54, 1.807) is 4.90 Å². The Bertz CT molecular complexity index is 1340. The number of fused-ring (bicyclic) bond motifs is 1. The van der Waals surface area contributed by atoms with E-state index in [4.69, 9.17) is 0 Å². The summed E-state index contributed by atoms with van der Waals surface area (Å²) >= 11 is 0. The first kappa shape index (κ1) is 38.5. The van der Waals surface area contributed by atoms with Gasteiger partial charge in [-0.25, -0.2) is 4.79 Å². The fourth-order valence-corrected chi connectivity index (χ4v) is 10.9. The summed E-state index contributed by atoms with van der Waals surface area (Å²) in [4.78, 5) is 69.9. The molecule has 4 N–H and O–H groups in total. The second kappa shape index (κ2) is 15.5. The van der Waals surface area contributed by atoms with E-state index in [0.29, 0.717) is 18.7 Å². The van der Waals surface area contributed by atoms with Gasteiger partial charge in [0.1, 0.15) is 12.1 Å². The molecule has 4 aliphatic carbocycles. The van der Waals surface area contributed by atoms with Crippen molar-refractivity contribution in [3.05, 3.63) is 12.7 Å². The Hall–Kier alpha value is -2.76. The van der Waals surface area contributed by atoms with Crippen molar-refractivity contribution >= 4 is 40.3 Å². The first-order valence-corrected chi connectivity index (χ1v) is 20.5. The normalized spacial score (nSPS) is 27.5. The number of piperidine rings is 1. The molecule has 5 rings (SSSR count). The summed E-state index contributed by atoms with van der Waals surface area (Å²) in [6, 6.07) is -3.19. The van der Waals surface area contributed by atoms with Crippen LogP contribution in [0.25, 0.3) is 0 Å². The van der Waals surface area contributed by atoms with Crippen molar-refractivity contribution in [2.45, 2.75) is 147 Å². The number of likely N-dealkylation sites (tertiary alicyclic amines) is 1. The van der Waals surface area contributed by atoms with Gasteiger partial charge >= 0.3 is 6.03 Å². The van der Waals surface area contributed by atoms with E-state index in [2.05, 4.69) is 41.7 Å². The van der Waals surface area contributed by atoms with Crippen LogP contribution in [-0.4, -0.2) is 86.4 Å². The van der Waals surface area contributed by atoms with Gasteiger partial charge in [0.05, 0.1) is 11.6 Å². The Morgan fingerprint density at radius 2 is 1.58 bits per heavy atom. The zero-order valence-electron chi connectivity index (χ0n) is 30.9. The molecule has 0 aromatic carbocycles. The van der Waals surface area contributed by atoms with Crippen LogP contribution in [0, 0.1) is 28.6 Å². The van der Waals surface area contributed by atoms with Crippen molar-refractivity contribution < 1.29 is 28.2 Å². The third kappa shape index (κ3) is 8.81. The highest BCUT2D eigenvalue weighted by atomic mass is 32.2. The van der Waals surface area contributed by atoms with Crippen LogP contribution in [0.2, 0.25) is 0 Å². The van der Waals surface area contributed by atoms with Crippen LogP contribution >= 0.6 is 0 Å². The third-order valence-corrected chi connectivity index (χ3v) is 14.3. The molecule has 4 saturated carbocycles. The van der Waals surface area contributed by atoms with Gasteiger partial charge < -0.3 is 26.2 Å². The van der Waals surface area contributed by atoms with Crippen molar-refractivity contribution in [2.24, 2.45) is 28.6 Å². The minimum absolute atomic E-state index is 0.102. The number of ketones is 1. The molecule has 12 heteroatoms. The van der Waals surface area contributed by atoms with Crippen LogP contribution < -0.4 is 21.3 Å². The topological polar surface area (TPSA) is 154 Å². The van der Waals surface area contributed by atoms with Crippen LogP contribution in [0.5, 0.6) is 0 Å². The van der Waals surface area contributed by atoms with Crippen LogP contribution in [0.4, 0.5) is 4.79 Å². The molecule has 2 unspecified atom stereocenters. The largest absolute Gasteiger partial charge is 0.346 e. The molecule has 50 heavy (non-hydrogen) atoms. The molecule has 6 atom stereocenters. The van der Waals surface area contributed by atoms with E-state index in [-0.39, 0.29) is 40.9 Å². The molecule has 5 fully saturated rings. The number of carbonyl (C=O) groups is 5. The molecule has 0 radical (unpaired) electrons. The fraction of sp³-hybridized carbons (Fsp3) is 0.816. The van der Waals surface area contributed by atoms with Gasteiger partial charge in [-0.1, -0.05) is 92.1 Å². The zero-order valence-corrected chi connectivity index (χ0v) is 31.8. The average Bonchev–Trinajstić information content (AvgIpc) is 3.92. The maximum atomic E-state index is 14.5. The minimum Gasteiger partial charge on any atom is -0.346 e. The summed E-state index contributed by atoms with van der Waals surface area (Å²) in [6.07, 6.45) is 13.6. The third-order valence-electron chi connectivity index (χ3n) is 12.2. The number of Topliss-reactive ketones (excluding diaryl/α,β-unsaturated/α-hetero) is 1. The summed E-state index contributed by atoms with van der Waals surface area (Å²) in [6.45, 7) is 14.0. The SMILES string of the molecule is C=CCNC(=O)C(=O)C(CC1CC1)NC(=O)[C@@H]1[C@@H]2[C@H](CN1C(=O)[C@@H](NC(=O)NC1(CS(=O)C3CCCCC3)CCCCC1)C(C)(C)C)C2(C)C. The monoisotopic (exact) mass is 715 g/mol. The zero-order chi connectivity index (χ0) is 36.4. The highest BCUT2D eigenvalue weighted by Gasteiger charge is 2.70. The van der Waals surface area contributed by atoms with E-state index in [0.717, 1.165) is 70.6 Å². The predicted octanol–water partition coefficient (Wildman–Crippen LogP) is 4.12. The number of amides is 5. The Morgan fingerprint density at radius 1 is 0.940 bits per heavy atom. The Labute approximate surface area is 301 Å². The minimum atomic E-state index is -1.05. The second-order valence-corrected chi connectivity index (χ2v) is 19.2. The lowest BCUT2D eigenvalue weighted by Crippen LogP contribution is -2.63. The van der Waals surface area contributed by atoms with E-state index < -0.39 is 63.5 Å². The molecular weight excluding hydrogens is 655 g/mol. The molecule has 0 bridgehead atoms. The van der Waals surface area contributed by atoms with Gasteiger partial charge in [-0.05, 0) is 60.7 Å². The van der Waals surface area contributed by atoms with Crippen LogP contribution in [0.15, 0.2) is 12.7 Å². The van der Waals surface area contributed by atoms with Crippen molar-refractivity contribution in [3.8, 4) is 0 Å². The molecular formula is C38H61N5O6S. The van der Waals surface area contributed by atoms with Gasteiger partial charge in [-0.15, -0.1) is 6.58 Å². The van der Waals surface area contributed by atoms with Crippen LogP contribution in [-0.2, 0) is 30.0 Å². The standard InChI is InChI=1S/C38H61N5O6S/c1-7-20-39-33(46)30(44)27(21-24-16-17-24)40-32(45)29-28-26(37(28,5)6)22-43(29)34(47)31(36(2,3)4)41-35(48)42-38(18-12-9-13-19-38)23-50(49)25-14-10-8-11-15-25/h7,24-29,31H,1,8-23H2,2-6H3,(H,39,46)(H,40,45)(H2,41,42,48)/t26-,27?,28-,29-,31+,50?/m0/s1. The van der Waals surface area contributed by atoms with Crippen molar-refractivity contribution in [3.63, 3.8) is 0 Å². The summed E-state index contributed by atoms with van der Waals surface area (Å²) in [5.41, 5.74) is -1.44. The number of urea groups is 1. The van der Waals surface area contributed by atoms with Gasteiger partial charge in [0.15, 0.2) is 0 Å². The average molecular weight is 716 g/mol. The Balaban J connectivity index is 1.31. The highest BCUT2D eigenvalue weighted by molar-refractivity contribution is 7.85. The molecule has 280 valence electrons. The molecule has 5 amide bonds. The predicted molar refractivity (Wildman–Crippen MR) is 194 cm³/mol. The highest BCUT2D eigenvalue weighted by Crippen LogP contribution is 2.65. The molecule has 1 heterocycles. The second-order valence-electron chi connectivity index (χ2n) is 17.5. The van der Waals surface area contributed by atoms with Gasteiger partial charge in [0.25, 0.3) is 5.91 Å².